The summed E-state index contributed by atoms with van der Waals surface area (Å²) < 4.78 is 6.29. The molecule has 6 aromatic carbocycles. The van der Waals surface area contributed by atoms with Crippen LogP contribution < -0.4 is 9.80 Å². The van der Waals surface area contributed by atoms with Crippen molar-refractivity contribution in [3.63, 3.8) is 0 Å². The van der Waals surface area contributed by atoms with Gasteiger partial charge in [0, 0.05) is 46.8 Å². The molecule has 3 nitrogen and oxygen atoms in total. The lowest BCUT2D eigenvalue weighted by molar-refractivity contribution is 0.669. The van der Waals surface area contributed by atoms with Crippen molar-refractivity contribution < 1.29 is 4.42 Å². The van der Waals surface area contributed by atoms with Gasteiger partial charge in [0.25, 0.3) is 0 Å². The Kier molecular flexibility index (Phi) is 11.8. The van der Waals surface area contributed by atoms with Gasteiger partial charge in [-0.2, -0.15) is 0 Å². The molecule has 0 aliphatic heterocycles. The van der Waals surface area contributed by atoms with Crippen molar-refractivity contribution in [2.45, 2.75) is 26.2 Å². The lowest BCUT2D eigenvalue weighted by Gasteiger charge is -2.20. The molecule has 0 saturated heterocycles. The van der Waals surface area contributed by atoms with Crippen LogP contribution in [0.15, 0.2) is 211 Å². The zero-order chi connectivity index (χ0) is 37.0. The Balaban J connectivity index is 0.000000684. The van der Waals surface area contributed by atoms with Crippen LogP contribution in [0.25, 0.3) is 38.6 Å². The molecule has 54 heavy (non-hydrogen) atoms. The Labute approximate surface area is 319 Å². The van der Waals surface area contributed by atoms with Crippen molar-refractivity contribution in [3.05, 3.63) is 212 Å². The van der Waals surface area contributed by atoms with Gasteiger partial charge in [0.2, 0.25) is 0 Å². The van der Waals surface area contributed by atoms with Gasteiger partial charge in [0.1, 0.15) is 11.2 Å². The third kappa shape index (κ3) is 8.71. The molecule has 0 saturated carbocycles. The molecule has 1 heterocycles. The first-order valence-corrected chi connectivity index (χ1v) is 18.7. The highest BCUT2D eigenvalue weighted by molar-refractivity contribution is 6.07. The lowest BCUT2D eigenvalue weighted by atomic mass is 9.99. The number of nitrogens with zero attached hydrogens (tertiary/aromatic N) is 2. The average Bonchev–Trinajstić information content (AvgIpc) is 3.62. The van der Waals surface area contributed by atoms with E-state index >= 15 is 0 Å². The minimum Gasteiger partial charge on any atom is -0.456 e. The average molecular weight is 703 g/mol. The number of furan rings is 1. The number of rotatable bonds is 10. The van der Waals surface area contributed by atoms with Crippen molar-refractivity contribution in [3.8, 4) is 11.1 Å². The Morgan fingerprint density at radius 3 is 1.70 bits per heavy atom. The molecule has 266 valence electrons. The second-order valence-electron chi connectivity index (χ2n) is 13.2. The summed E-state index contributed by atoms with van der Waals surface area (Å²) >= 11 is 0. The predicted molar refractivity (Wildman–Crippen MR) is 233 cm³/mol. The summed E-state index contributed by atoms with van der Waals surface area (Å²) in [7, 11) is 2.10. The van der Waals surface area contributed by atoms with Crippen molar-refractivity contribution in [1.29, 1.82) is 0 Å². The summed E-state index contributed by atoms with van der Waals surface area (Å²) in [4.78, 5) is 4.42. The summed E-state index contributed by atoms with van der Waals surface area (Å²) in [5.41, 5.74) is 11.0. The summed E-state index contributed by atoms with van der Waals surface area (Å²) in [6.07, 6.45) is 22.7. The maximum atomic E-state index is 6.29. The molecule has 3 heteroatoms. The summed E-state index contributed by atoms with van der Waals surface area (Å²) in [5.74, 6) is 0. The van der Waals surface area contributed by atoms with Crippen LogP contribution >= 0.6 is 0 Å². The number of hydrogen-bond acceptors (Lipinski definition) is 3. The van der Waals surface area contributed by atoms with Gasteiger partial charge in [0.15, 0.2) is 0 Å². The highest BCUT2D eigenvalue weighted by atomic mass is 16.3. The fourth-order valence-electron chi connectivity index (χ4n) is 6.68. The molecule has 1 aliphatic carbocycles. The minimum absolute atomic E-state index is 0.791. The van der Waals surface area contributed by atoms with Crippen LogP contribution in [0.5, 0.6) is 0 Å². The molecule has 0 radical (unpaired) electrons. The minimum atomic E-state index is 0.791. The van der Waals surface area contributed by atoms with Crippen molar-refractivity contribution in [2.24, 2.45) is 0 Å². The van der Waals surface area contributed by atoms with Gasteiger partial charge < -0.3 is 14.2 Å². The van der Waals surface area contributed by atoms with Crippen molar-refractivity contribution >= 4 is 50.3 Å². The van der Waals surface area contributed by atoms with Crippen molar-refractivity contribution in [1.82, 2.24) is 0 Å². The zero-order valence-electron chi connectivity index (χ0n) is 31.1. The fourth-order valence-corrected chi connectivity index (χ4v) is 6.68. The molecule has 0 spiro atoms. The highest BCUT2D eigenvalue weighted by Crippen LogP contribution is 2.35. The normalized spacial score (nSPS) is 12.7. The largest absolute Gasteiger partial charge is 0.456 e. The number of fused-ring (bicyclic) bond motifs is 3. The smallest absolute Gasteiger partial charge is 0.135 e. The van der Waals surface area contributed by atoms with Gasteiger partial charge in [0.05, 0.1) is 0 Å². The second-order valence-corrected chi connectivity index (χ2v) is 13.2. The number of hydrogen-bond donors (Lipinski definition) is 0. The van der Waals surface area contributed by atoms with E-state index < -0.39 is 0 Å². The molecule has 7 aromatic rings. The second kappa shape index (κ2) is 17.8. The van der Waals surface area contributed by atoms with Crippen LogP contribution in [0.2, 0.25) is 0 Å². The first-order chi connectivity index (χ1) is 26.7. The maximum Gasteiger partial charge on any atom is 0.135 e. The van der Waals surface area contributed by atoms with Crippen LogP contribution in [0.3, 0.4) is 0 Å². The van der Waals surface area contributed by atoms with E-state index in [1.54, 1.807) is 0 Å². The molecule has 0 atom stereocenters. The molecule has 0 N–H and O–H groups in total. The fraction of sp³-hybridized carbons (Fsp3) is 0.0980. The third-order valence-corrected chi connectivity index (χ3v) is 9.56. The van der Waals surface area contributed by atoms with E-state index in [0.29, 0.717) is 0 Å². The molecular weight excluding hydrogens is 657 g/mol. The number of anilines is 4. The van der Waals surface area contributed by atoms with E-state index in [2.05, 4.69) is 212 Å². The van der Waals surface area contributed by atoms with E-state index in [9.17, 15) is 0 Å². The molecule has 1 aromatic heterocycles. The molecule has 0 fully saturated rings. The van der Waals surface area contributed by atoms with E-state index in [0.717, 1.165) is 51.1 Å². The van der Waals surface area contributed by atoms with Crippen molar-refractivity contribution in [2.75, 3.05) is 16.8 Å². The van der Waals surface area contributed by atoms with Gasteiger partial charge in [-0.3, -0.25) is 0 Å². The predicted octanol–water partition coefficient (Wildman–Crippen LogP) is 14.6. The molecule has 0 bridgehead atoms. The Bertz CT molecular complexity index is 2360. The van der Waals surface area contributed by atoms with Gasteiger partial charge in [-0.25, -0.2) is 0 Å². The first kappa shape index (κ1) is 35.8. The molecule has 0 unspecified atom stereocenters. The number of benzene rings is 6. The van der Waals surface area contributed by atoms with Crippen LogP contribution in [0.1, 0.15) is 31.7 Å². The van der Waals surface area contributed by atoms with Gasteiger partial charge >= 0.3 is 0 Å². The van der Waals surface area contributed by atoms with E-state index in [1.165, 1.54) is 35.1 Å². The van der Waals surface area contributed by atoms with E-state index in [1.807, 2.05) is 18.2 Å². The monoisotopic (exact) mass is 702 g/mol. The lowest BCUT2D eigenvalue weighted by Crippen LogP contribution is -2.08. The molecule has 1 aliphatic rings. The SMILES string of the molecule is C/C=C\C(=C/CC=CN(c1ccccc1)c1ccccc1)c1ccc2oc3ccc(-c4ccc(N(C)c5ccccc5)cc4)cc3c2c1.C1=CCCC=C1. The van der Waals surface area contributed by atoms with Gasteiger partial charge in [-0.15, -0.1) is 0 Å². The zero-order valence-corrected chi connectivity index (χ0v) is 31.1. The topological polar surface area (TPSA) is 19.6 Å². The molecule has 8 rings (SSSR count). The summed E-state index contributed by atoms with van der Waals surface area (Å²) in [6, 6.07) is 53.1. The van der Waals surface area contributed by atoms with E-state index in [4.69, 9.17) is 4.42 Å². The third-order valence-electron chi connectivity index (χ3n) is 9.56. The highest BCUT2D eigenvalue weighted by Gasteiger charge is 2.12. The summed E-state index contributed by atoms with van der Waals surface area (Å²) in [6.45, 7) is 2.07. The number of allylic oxidation sites excluding steroid dienone is 9. The van der Waals surface area contributed by atoms with Gasteiger partial charge in [-0.05, 0) is 121 Å². The molecule has 0 amide bonds. The van der Waals surface area contributed by atoms with E-state index in [-0.39, 0.29) is 0 Å². The van der Waals surface area contributed by atoms with Crippen LogP contribution in [-0.2, 0) is 0 Å². The first-order valence-electron chi connectivity index (χ1n) is 18.7. The van der Waals surface area contributed by atoms with Crippen LogP contribution in [-0.4, -0.2) is 7.05 Å². The Morgan fingerprint density at radius 1 is 0.593 bits per heavy atom. The quantitative estimate of drug-likeness (QED) is 0.132. The molecular formula is C51H46N2O. The van der Waals surface area contributed by atoms with Gasteiger partial charge in [-0.1, -0.05) is 127 Å². The maximum absolute atomic E-state index is 6.29. The van der Waals surface area contributed by atoms with Crippen LogP contribution in [0.4, 0.5) is 22.7 Å². The summed E-state index contributed by atoms with van der Waals surface area (Å²) in [5, 5.41) is 2.24. The standard InChI is InChI=1S/C45H38N2O.C6H8/c1-3-15-34(16-13-14-31-47(40-19-9-5-10-20-40)41-21-11-6-12-22-41)36-25-29-44-42(32-36)43-33-37(26-30-45(43)48-44)35-23-27-39(28-24-35)46(2)38-17-7-4-8-18-38;1-2-4-6-5-3-1/h3-12,14-33H,13H2,1-2H3;1-4H,5-6H2/b15-3-,31-14?,34-16+;. The van der Waals surface area contributed by atoms with Crippen LogP contribution in [0, 0.1) is 0 Å². The Morgan fingerprint density at radius 2 is 1.13 bits per heavy atom. The Hall–Kier alpha value is -6.58. The number of para-hydroxylation sites is 3.